The van der Waals surface area contributed by atoms with E-state index in [2.05, 4.69) is 47.0 Å². The molecule has 1 aromatic rings. The first-order chi connectivity index (χ1) is 10.6. The lowest BCUT2D eigenvalue weighted by Gasteiger charge is -2.25. The van der Waals surface area contributed by atoms with Crippen molar-refractivity contribution in [1.29, 1.82) is 0 Å². The molecule has 0 saturated carbocycles. The van der Waals surface area contributed by atoms with Crippen molar-refractivity contribution in [3.8, 4) is 0 Å². The molecule has 0 radical (unpaired) electrons. The van der Waals surface area contributed by atoms with Crippen molar-refractivity contribution in [3.63, 3.8) is 0 Å². The molecule has 0 fully saturated rings. The van der Waals surface area contributed by atoms with Gasteiger partial charge in [-0.1, -0.05) is 19.9 Å². The highest BCUT2D eigenvalue weighted by Crippen LogP contribution is 2.26. The second-order valence-corrected chi connectivity index (χ2v) is 6.62. The van der Waals surface area contributed by atoms with Crippen molar-refractivity contribution >= 4 is 17.3 Å². The van der Waals surface area contributed by atoms with Crippen LogP contribution in [0.25, 0.3) is 0 Å². The molecule has 1 rings (SSSR count). The highest BCUT2D eigenvalue weighted by atomic mass is 32.1. The van der Waals surface area contributed by atoms with Crippen LogP contribution in [0.15, 0.2) is 22.5 Å². The van der Waals surface area contributed by atoms with Gasteiger partial charge in [0.2, 0.25) is 0 Å². The van der Waals surface area contributed by atoms with Gasteiger partial charge in [0.1, 0.15) is 0 Å². The van der Waals surface area contributed by atoms with Gasteiger partial charge in [0.15, 0.2) is 5.96 Å². The zero-order valence-corrected chi connectivity index (χ0v) is 15.0. The maximum absolute atomic E-state index is 5.43. The van der Waals surface area contributed by atoms with Crippen molar-refractivity contribution < 1.29 is 9.47 Å². The van der Waals surface area contributed by atoms with Crippen LogP contribution < -0.4 is 10.6 Å². The molecule has 0 unspecified atom stereocenters. The van der Waals surface area contributed by atoms with Crippen LogP contribution in [-0.2, 0) is 14.9 Å². The smallest absolute Gasteiger partial charge is 0.191 e. The first kappa shape index (κ1) is 18.9. The second kappa shape index (κ2) is 10.6. The Morgan fingerprint density at radius 1 is 1.27 bits per heavy atom. The van der Waals surface area contributed by atoms with Crippen LogP contribution in [0.5, 0.6) is 0 Å². The van der Waals surface area contributed by atoms with Crippen molar-refractivity contribution in [2.75, 3.05) is 47.1 Å². The first-order valence-electron chi connectivity index (χ1n) is 7.65. The van der Waals surface area contributed by atoms with Gasteiger partial charge in [-0.05, 0) is 17.9 Å². The van der Waals surface area contributed by atoms with Crippen LogP contribution in [0.4, 0.5) is 0 Å². The molecule has 126 valence electrons. The highest BCUT2D eigenvalue weighted by molar-refractivity contribution is 7.10. The number of ether oxygens (including phenoxy) is 2. The van der Waals surface area contributed by atoms with Crippen LogP contribution >= 0.6 is 11.3 Å². The Morgan fingerprint density at radius 2 is 2.09 bits per heavy atom. The highest BCUT2D eigenvalue weighted by Gasteiger charge is 2.21. The molecule has 0 aliphatic carbocycles. The molecule has 22 heavy (non-hydrogen) atoms. The zero-order chi connectivity index (χ0) is 16.3. The van der Waals surface area contributed by atoms with Gasteiger partial charge in [0.05, 0.1) is 13.2 Å². The number of guanidine groups is 1. The maximum Gasteiger partial charge on any atom is 0.191 e. The zero-order valence-electron chi connectivity index (χ0n) is 14.1. The summed E-state index contributed by atoms with van der Waals surface area (Å²) in [7, 11) is 3.47. The molecule has 0 atom stereocenters. The molecule has 0 aromatic carbocycles. The lowest BCUT2D eigenvalue weighted by Crippen LogP contribution is -2.43. The summed E-state index contributed by atoms with van der Waals surface area (Å²) >= 11 is 1.79. The van der Waals surface area contributed by atoms with E-state index in [0.29, 0.717) is 13.2 Å². The number of hydrogen-bond donors (Lipinski definition) is 2. The number of thiophene rings is 1. The van der Waals surface area contributed by atoms with Gasteiger partial charge >= 0.3 is 0 Å². The molecule has 0 aliphatic rings. The van der Waals surface area contributed by atoms with E-state index in [4.69, 9.17) is 9.47 Å². The van der Waals surface area contributed by atoms with E-state index in [9.17, 15) is 0 Å². The molecule has 0 aliphatic heterocycles. The van der Waals surface area contributed by atoms with Gasteiger partial charge in [-0.3, -0.25) is 4.99 Å². The minimum Gasteiger partial charge on any atom is -0.382 e. The van der Waals surface area contributed by atoms with Crippen LogP contribution in [0, 0.1) is 0 Å². The Balaban J connectivity index is 2.20. The van der Waals surface area contributed by atoms with Gasteiger partial charge < -0.3 is 20.1 Å². The third-order valence-electron chi connectivity index (χ3n) is 3.30. The second-order valence-electron chi connectivity index (χ2n) is 5.67. The van der Waals surface area contributed by atoms with Gasteiger partial charge in [0, 0.05) is 44.1 Å². The molecular formula is C16H29N3O2S. The van der Waals surface area contributed by atoms with Crippen LogP contribution in [0.3, 0.4) is 0 Å². The van der Waals surface area contributed by atoms with Crippen molar-refractivity contribution in [3.05, 3.63) is 22.4 Å². The molecule has 0 saturated heterocycles. The summed E-state index contributed by atoms with van der Waals surface area (Å²) in [6.45, 7) is 8.19. The summed E-state index contributed by atoms with van der Waals surface area (Å²) in [4.78, 5) is 5.63. The van der Waals surface area contributed by atoms with Gasteiger partial charge in [-0.2, -0.15) is 0 Å². The van der Waals surface area contributed by atoms with Crippen LogP contribution in [0.2, 0.25) is 0 Å². The van der Waals surface area contributed by atoms with E-state index < -0.39 is 0 Å². The van der Waals surface area contributed by atoms with Gasteiger partial charge in [0.25, 0.3) is 0 Å². The topological polar surface area (TPSA) is 54.9 Å². The number of rotatable bonds is 10. The average molecular weight is 327 g/mol. The number of nitrogens with one attached hydrogen (secondary N) is 2. The lowest BCUT2D eigenvalue weighted by atomic mass is 9.91. The fourth-order valence-electron chi connectivity index (χ4n) is 1.90. The summed E-state index contributed by atoms with van der Waals surface area (Å²) in [6.07, 6.45) is 0.943. The maximum atomic E-state index is 5.43. The monoisotopic (exact) mass is 327 g/mol. The average Bonchev–Trinajstić information content (AvgIpc) is 3.04. The normalized spacial score (nSPS) is 12.5. The Labute approximate surface area is 138 Å². The van der Waals surface area contributed by atoms with Crippen molar-refractivity contribution in [1.82, 2.24) is 10.6 Å². The molecule has 2 N–H and O–H groups in total. The van der Waals surface area contributed by atoms with Crippen molar-refractivity contribution in [2.24, 2.45) is 4.99 Å². The number of hydrogen-bond acceptors (Lipinski definition) is 4. The Kier molecular flexibility index (Phi) is 9.11. The van der Waals surface area contributed by atoms with Crippen molar-refractivity contribution in [2.45, 2.75) is 25.7 Å². The predicted octanol–water partition coefficient (Wildman–Crippen LogP) is 2.24. The fourth-order valence-corrected chi connectivity index (χ4v) is 2.75. The summed E-state index contributed by atoms with van der Waals surface area (Å²) in [5.74, 6) is 0.835. The number of nitrogens with zero attached hydrogens (tertiary/aromatic N) is 1. The van der Waals surface area contributed by atoms with E-state index in [1.165, 1.54) is 4.88 Å². The third kappa shape index (κ3) is 7.24. The third-order valence-corrected chi connectivity index (χ3v) is 4.54. The van der Waals surface area contributed by atoms with E-state index in [-0.39, 0.29) is 5.41 Å². The molecule has 0 spiro atoms. The minimum atomic E-state index is 0.0923. The van der Waals surface area contributed by atoms with E-state index >= 15 is 0 Å². The summed E-state index contributed by atoms with van der Waals surface area (Å²) in [6, 6.07) is 4.28. The minimum absolute atomic E-state index is 0.0923. The fraction of sp³-hybridized carbons (Fsp3) is 0.688. The largest absolute Gasteiger partial charge is 0.382 e. The Hall–Kier alpha value is -1.11. The molecule has 1 aromatic heterocycles. The van der Waals surface area contributed by atoms with E-state index in [1.54, 1.807) is 25.5 Å². The van der Waals surface area contributed by atoms with E-state index in [1.807, 2.05) is 0 Å². The summed E-state index contributed by atoms with van der Waals surface area (Å²) < 4.78 is 10.4. The Bertz CT molecular complexity index is 419. The standard InChI is InChI=1S/C16H29N3O2S/c1-16(2,14-7-5-12-22-14)13-19-15(17-3)18-8-6-9-21-11-10-20-4/h5,7,12H,6,8-11,13H2,1-4H3,(H2,17,18,19). The quantitative estimate of drug-likeness (QED) is 0.393. The van der Waals surface area contributed by atoms with Gasteiger partial charge in [-0.15, -0.1) is 11.3 Å². The number of methoxy groups -OCH3 is 1. The summed E-state index contributed by atoms with van der Waals surface area (Å²) in [5, 5.41) is 8.82. The van der Waals surface area contributed by atoms with Gasteiger partial charge in [-0.25, -0.2) is 0 Å². The first-order valence-corrected chi connectivity index (χ1v) is 8.53. The molecule has 1 heterocycles. The van der Waals surface area contributed by atoms with Crippen LogP contribution in [-0.4, -0.2) is 53.0 Å². The predicted molar refractivity (Wildman–Crippen MR) is 94.0 cm³/mol. The summed E-state index contributed by atoms with van der Waals surface area (Å²) in [5.41, 5.74) is 0.0923. The number of aliphatic imine (C=N–C) groups is 1. The molecular weight excluding hydrogens is 298 g/mol. The molecule has 6 heteroatoms. The lowest BCUT2D eigenvalue weighted by molar-refractivity contribution is 0.0698. The van der Waals surface area contributed by atoms with E-state index in [0.717, 1.165) is 32.1 Å². The van der Waals surface area contributed by atoms with Crippen LogP contribution in [0.1, 0.15) is 25.1 Å². The Morgan fingerprint density at radius 3 is 2.73 bits per heavy atom. The molecule has 0 bridgehead atoms. The molecule has 5 nitrogen and oxygen atoms in total. The molecule has 0 amide bonds. The SMILES string of the molecule is CN=C(NCCCOCCOC)NCC(C)(C)c1cccs1.